The minimum Gasteiger partial charge on any atom is -0.394 e. The van der Waals surface area contributed by atoms with Crippen LogP contribution in [0.5, 0.6) is 0 Å². The lowest BCUT2D eigenvalue weighted by atomic mass is 10.0. The van der Waals surface area contributed by atoms with Crippen molar-refractivity contribution in [2.24, 2.45) is 0 Å². The molecule has 4 heteroatoms. The highest BCUT2D eigenvalue weighted by Crippen LogP contribution is 2.18. The molecule has 0 fully saturated rings. The van der Waals surface area contributed by atoms with Crippen LogP contribution in [-0.2, 0) is 4.79 Å². The second-order valence-electron chi connectivity index (χ2n) is 21.8. The fourth-order valence-electron chi connectivity index (χ4n) is 9.98. The largest absolute Gasteiger partial charge is 0.394 e. The van der Waals surface area contributed by atoms with Crippen LogP contribution in [0.15, 0.2) is 60.8 Å². The lowest BCUT2D eigenvalue weighted by Crippen LogP contribution is -2.45. The van der Waals surface area contributed by atoms with E-state index in [1.807, 2.05) is 0 Å². The number of unbranched alkanes of at least 4 members (excludes halogenated alkanes) is 42. The Kier molecular flexibility index (Phi) is 60.7. The number of carbonyl (C=O) groups excluding carboxylic acids is 1. The number of carbonyl (C=O) groups is 1. The zero-order valence-corrected chi connectivity index (χ0v) is 48.0. The molecule has 0 aromatic carbocycles. The van der Waals surface area contributed by atoms with E-state index in [-0.39, 0.29) is 12.5 Å². The van der Waals surface area contributed by atoms with Gasteiger partial charge in [-0.2, -0.15) is 0 Å². The van der Waals surface area contributed by atoms with E-state index in [4.69, 9.17) is 0 Å². The van der Waals surface area contributed by atoms with Crippen molar-refractivity contribution >= 4 is 5.91 Å². The maximum absolute atomic E-state index is 12.5. The molecule has 0 aromatic rings. The van der Waals surface area contributed by atoms with Crippen molar-refractivity contribution < 1.29 is 15.0 Å². The van der Waals surface area contributed by atoms with Crippen LogP contribution in [-0.4, -0.2) is 34.9 Å². The molecule has 0 bridgehead atoms. The summed E-state index contributed by atoms with van der Waals surface area (Å²) < 4.78 is 0. The first-order chi connectivity index (χ1) is 35.2. The molecule has 1 amide bonds. The number of aliphatic hydroxyl groups excluding tert-OH is 2. The van der Waals surface area contributed by atoms with Crippen LogP contribution in [0.3, 0.4) is 0 Å². The molecule has 0 aliphatic carbocycles. The molecule has 0 radical (unpaired) electrons. The Balaban J connectivity index is 3.38. The van der Waals surface area contributed by atoms with Gasteiger partial charge in [-0.3, -0.25) is 4.79 Å². The quantitative estimate of drug-likeness (QED) is 0.0420. The Morgan fingerprint density at radius 2 is 0.620 bits per heavy atom. The van der Waals surface area contributed by atoms with Gasteiger partial charge in [-0.1, -0.05) is 338 Å². The topological polar surface area (TPSA) is 69.6 Å². The molecule has 0 aliphatic rings. The average molecular weight is 993 g/mol. The van der Waals surface area contributed by atoms with Crippen LogP contribution in [0.2, 0.25) is 0 Å². The molecule has 71 heavy (non-hydrogen) atoms. The molecule has 416 valence electrons. The molecular weight excluding hydrogens is 867 g/mol. The minimum absolute atomic E-state index is 0.0248. The predicted octanol–water partition coefficient (Wildman–Crippen LogP) is 21.5. The number of hydrogen-bond acceptors (Lipinski definition) is 3. The summed E-state index contributed by atoms with van der Waals surface area (Å²) >= 11 is 0. The van der Waals surface area contributed by atoms with Gasteiger partial charge < -0.3 is 15.5 Å². The maximum atomic E-state index is 12.5. The summed E-state index contributed by atoms with van der Waals surface area (Å²) in [5.41, 5.74) is 0. The SMILES string of the molecule is CC/C=C\C/C=C\C/C=C\C/C=C\C/C=C\CCCCCCCCCCCCCCCCCCCCCCCCCCCC(=O)NC(CO)C(O)CCCCCCCCCCCCCCCCCCCC. The summed E-state index contributed by atoms with van der Waals surface area (Å²) in [6.07, 6.45) is 88.2. The van der Waals surface area contributed by atoms with Gasteiger partial charge in [-0.25, -0.2) is 0 Å². The fraction of sp³-hybridized carbons (Fsp3) is 0.836. The third kappa shape index (κ3) is 58.8. The van der Waals surface area contributed by atoms with Crippen LogP contribution in [0.1, 0.15) is 341 Å². The number of allylic oxidation sites excluding steroid dienone is 10. The summed E-state index contributed by atoms with van der Waals surface area (Å²) in [5, 5.41) is 23.4. The highest BCUT2D eigenvalue weighted by molar-refractivity contribution is 5.76. The molecule has 0 rings (SSSR count). The van der Waals surface area contributed by atoms with E-state index in [0.29, 0.717) is 12.8 Å². The summed E-state index contributed by atoms with van der Waals surface area (Å²) in [7, 11) is 0. The summed E-state index contributed by atoms with van der Waals surface area (Å²) in [5.74, 6) is -0.0248. The molecular formula is C67H125NO3. The first kappa shape index (κ1) is 69.1. The van der Waals surface area contributed by atoms with Crippen molar-refractivity contribution in [2.75, 3.05) is 6.61 Å². The van der Waals surface area contributed by atoms with Crippen LogP contribution in [0, 0.1) is 0 Å². The van der Waals surface area contributed by atoms with Gasteiger partial charge in [0.15, 0.2) is 0 Å². The highest BCUT2D eigenvalue weighted by Gasteiger charge is 2.20. The number of amides is 1. The van der Waals surface area contributed by atoms with Gasteiger partial charge in [0, 0.05) is 6.42 Å². The van der Waals surface area contributed by atoms with Gasteiger partial charge in [-0.05, 0) is 57.8 Å². The molecule has 2 atom stereocenters. The Hall–Kier alpha value is -1.91. The van der Waals surface area contributed by atoms with Crippen molar-refractivity contribution in [1.82, 2.24) is 5.32 Å². The van der Waals surface area contributed by atoms with E-state index in [1.54, 1.807) is 0 Å². The van der Waals surface area contributed by atoms with E-state index >= 15 is 0 Å². The second kappa shape index (κ2) is 62.4. The van der Waals surface area contributed by atoms with Crippen LogP contribution < -0.4 is 5.32 Å². The van der Waals surface area contributed by atoms with Gasteiger partial charge in [0.05, 0.1) is 18.8 Å². The molecule has 0 heterocycles. The average Bonchev–Trinajstić information content (AvgIpc) is 3.37. The summed E-state index contributed by atoms with van der Waals surface area (Å²) in [4.78, 5) is 12.5. The van der Waals surface area contributed by atoms with Gasteiger partial charge in [0.1, 0.15) is 0 Å². The minimum atomic E-state index is -0.659. The molecule has 4 nitrogen and oxygen atoms in total. The van der Waals surface area contributed by atoms with Gasteiger partial charge in [0.25, 0.3) is 0 Å². The van der Waals surface area contributed by atoms with E-state index < -0.39 is 12.1 Å². The summed E-state index contributed by atoms with van der Waals surface area (Å²) in [6.45, 7) is 4.27. The first-order valence-corrected chi connectivity index (χ1v) is 32.0. The van der Waals surface area contributed by atoms with Crippen molar-refractivity contribution in [3.05, 3.63) is 60.8 Å². The predicted molar refractivity (Wildman–Crippen MR) is 318 cm³/mol. The Morgan fingerprint density at radius 1 is 0.352 bits per heavy atom. The summed E-state index contributed by atoms with van der Waals surface area (Å²) in [6, 6.07) is -0.535. The third-order valence-electron chi connectivity index (χ3n) is 14.8. The van der Waals surface area contributed by atoms with Crippen LogP contribution >= 0.6 is 0 Å². The van der Waals surface area contributed by atoms with E-state index in [0.717, 1.165) is 57.8 Å². The molecule has 0 aromatic heterocycles. The lowest BCUT2D eigenvalue weighted by molar-refractivity contribution is -0.123. The first-order valence-electron chi connectivity index (χ1n) is 32.0. The van der Waals surface area contributed by atoms with Crippen molar-refractivity contribution in [3.8, 4) is 0 Å². The fourth-order valence-corrected chi connectivity index (χ4v) is 9.98. The highest BCUT2D eigenvalue weighted by atomic mass is 16.3. The smallest absolute Gasteiger partial charge is 0.220 e. The van der Waals surface area contributed by atoms with Gasteiger partial charge >= 0.3 is 0 Å². The molecule has 0 spiro atoms. The monoisotopic (exact) mass is 992 g/mol. The van der Waals surface area contributed by atoms with Crippen molar-refractivity contribution in [1.29, 1.82) is 0 Å². The Bertz CT molecular complexity index is 1170. The number of nitrogens with one attached hydrogen (secondary N) is 1. The second-order valence-corrected chi connectivity index (χ2v) is 21.8. The third-order valence-corrected chi connectivity index (χ3v) is 14.8. The maximum Gasteiger partial charge on any atom is 0.220 e. The number of aliphatic hydroxyl groups is 2. The molecule has 0 aliphatic heterocycles. The number of hydrogen-bond donors (Lipinski definition) is 3. The number of rotatable bonds is 59. The zero-order valence-electron chi connectivity index (χ0n) is 48.0. The molecule has 0 saturated heterocycles. The van der Waals surface area contributed by atoms with E-state index in [1.165, 1.54) is 257 Å². The van der Waals surface area contributed by atoms with Gasteiger partial charge in [-0.15, -0.1) is 0 Å². The standard InChI is InChI=1S/C67H125NO3/c1-3-5-7-9-11-13-15-17-19-21-23-24-25-26-27-28-29-30-31-32-33-34-35-36-37-38-39-40-41-42-43-44-45-47-49-51-53-55-57-59-61-63-67(71)68-65(64-69)66(70)62-60-58-56-54-52-50-48-46-22-20-18-16-14-12-10-8-6-4-2/h5,7,11,13,17,19,23-24,26-27,65-66,69-70H,3-4,6,8-10,12,14-16,18,20-22,25,28-64H2,1-2H3,(H,68,71)/b7-5-,13-11-,19-17-,24-23-,27-26-. The van der Waals surface area contributed by atoms with Gasteiger partial charge in [0.2, 0.25) is 5.91 Å². The normalized spacial score (nSPS) is 13.1. The van der Waals surface area contributed by atoms with Crippen LogP contribution in [0.4, 0.5) is 0 Å². The van der Waals surface area contributed by atoms with Crippen LogP contribution in [0.25, 0.3) is 0 Å². The van der Waals surface area contributed by atoms with Crippen molar-refractivity contribution in [2.45, 2.75) is 353 Å². The Morgan fingerprint density at radius 3 is 0.930 bits per heavy atom. The molecule has 3 N–H and O–H groups in total. The molecule has 2 unspecified atom stereocenters. The zero-order chi connectivity index (χ0) is 51.3. The van der Waals surface area contributed by atoms with Crippen molar-refractivity contribution in [3.63, 3.8) is 0 Å². The Labute approximate surface area is 445 Å². The van der Waals surface area contributed by atoms with E-state index in [2.05, 4.69) is 79.9 Å². The van der Waals surface area contributed by atoms with E-state index in [9.17, 15) is 15.0 Å². The lowest BCUT2D eigenvalue weighted by Gasteiger charge is -2.22. The molecule has 0 saturated carbocycles.